The highest BCUT2D eigenvalue weighted by Gasteiger charge is 2.19. The van der Waals surface area contributed by atoms with Gasteiger partial charge in [0.2, 0.25) is 10.0 Å². The van der Waals surface area contributed by atoms with E-state index in [4.69, 9.17) is 0 Å². The fourth-order valence-electron chi connectivity index (χ4n) is 2.84. The van der Waals surface area contributed by atoms with Crippen molar-refractivity contribution in [3.05, 3.63) is 76.2 Å². The van der Waals surface area contributed by atoms with E-state index in [2.05, 4.69) is 10.0 Å². The lowest BCUT2D eigenvalue weighted by Gasteiger charge is -2.08. The smallest absolute Gasteiger partial charge is 0.295 e. The van der Waals surface area contributed by atoms with Gasteiger partial charge in [0.25, 0.3) is 11.5 Å². The maximum absolute atomic E-state index is 12.9. The first-order valence-electron chi connectivity index (χ1n) is 8.99. The lowest BCUT2D eigenvalue weighted by atomic mass is 10.2. The number of nitrogens with one attached hydrogen (secondary N) is 2. The van der Waals surface area contributed by atoms with Crippen molar-refractivity contribution in [3.8, 4) is 5.69 Å². The van der Waals surface area contributed by atoms with Crippen LogP contribution in [0.1, 0.15) is 23.0 Å². The number of hydrogen-bond acceptors (Lipinski definition) is 4. The van der Waals surface area contributed by atoms with Crippen LogP contribution in [0.25, 0.3) is 5.69 Å². The summed E-state index contributed by atoms with van der Waals surface area (Å²) in [6.45, 7) is 3.29. The number of anilines is 2. The Hall–Kier alpha value is -3.33. The molecule has 2 aromatic carbocycles. The summed E-state index contributed by atoms with van der Waals surface area (Å²) in [4.78, 5) is 25.5. The molecule has 0 atom stereocenters. The molecule has 0 aliphatic heterocycles. The lowest BCUT2D eigenvalue weighted by molar-refractivity contribution is 0.102. The summed E-state index contributed by atoms with van der Waals surface area (Å²) in [5, 5.41) is 2.67. The third kappa shape index (κ3) is 4.24. The Labute approximate surface area is 168 Å². The van der Waals surface area contributed by atoms with Gasteiger partial charge in [0.15, 0.2) is 0 Å². The Morgan fingerprint density at radius 1 is 1.03 bits per heavy atom. The summed E-state index contributed by atoms with van der Waals surface area (Å²) in [5.41, 5.74) is 1.83. The standard InChI is InChI=1S/C20H22N4O4S/c1-4-29(27,28)22-16-12-10-15(11-13-16)19(25)21-18-14(2)23(3)24(20(18)26)17-8-6-5-7-9-17/h5-13,22H,4H2,1-3H3,(H,21,25). The fraction of sp³-hybridized carbons (Fsp3) is 0.200. The Kier molecular flexibility index (Phi) is 5.60. The highest BCUT2D eigenvalue weighted by Crippen LogP contribution is 2.16. The third-order valence-corrected chi connectivity index (χ3v) is 5.90. The van der Waals surface area contributed by atoms with Crippen LogP contribution in [0.5, 0.6) is 0 Å². The van der Waals surface area contributed by atoms with Gasteiger partial charge in [-0.25, -0.2) is 13.1 Å². The van der Waals surface area contributed by atoms with Crippen molar-refractivity contribution in [2.45, 2.75) is 13.8 Å². The van der Waals surface area contributed by atoms with Crippen LogP contribution in [0.3, 0.4) is 0 Å². The van der Waals surface area contributed by atoms with Gasteiger partial charge in [-0.05, 0) is 50.2 Å². The van der Waals surface area contributed by atoms with Crippen LogP contribution in [0.4, 0.5) is 11.4 Å². The Balaban J connectivity index is 1.86. The van der Waals surface area contributed by atoms with Crippen molar-refractivity contribution >= 4 is 27.3 Å². The van der Waals surface area contributed by atoms with Gasteiger partial charge in [-0.1, -0.05) is 18.2 Å². The monoisotopic (exact) mass is 414 g/mol. The quantitative estimate of drug-likeness (QED) is 0.647. The summed E-state index contributed by atoms with van der Waals surface area (Å²) in [7, 11) is -1.65. The molecule has 9 heteroatoms. The summed E-state index contributed by atoms with van der Waals surface area (Å²) in [5.74, 6) is -0.503. The minimum absolute atomic E-state index is 0.0454. The molecule has 0 aliphatic carbocycles. The molecule has 0 aliphatic rings. The molecule has 0 fully saturated rings. The molecule has 29 heavy (non-hydrogen) atoms. The topological polar surface area (TPSA) is 102 Å². The van der Waals surface area contributed by atoms with E-state index in [0.717, 1.165) is 0 Å². The summed E-state index contributed by atoms with van der Waals surface area (Å²) in [6.07, 6.45) is 0. The first kappa shape index (κ1) is 20.4. The summed E-state index contributed by atoms with van der Waals surface area (Å²) < 4.78 is 28.8. The first-order valence-corrected chi connectivity index (χ1v) is 10.6. The highest BCUT2D eigenvalue weighted by molar-refractivity contribution is 7.92. The van der Waals surface area contributed by atoms with Crippen molar-refractivity contribution in [3.63, 3.8) is 0 Å². The SMILES string of the molecule is CCS(=O)(=O)Nc1ccc(C(=O)Nc2c(C)n(C)n(-c3ccccc3)c2=O)cc1. The first-order chi connectivity index (χ1) is 13.7. The number of sulfonamides is 1. The van der Waals surface area contributed by atoms with Gasteiger partial charge in [-0.2, -0.15) is 0 Å². The van der Waals surface area contributed by atoms with Crippen LogP contribution in [0, 0.1) is 6.92 Å². The van der Waals surface area contributed by atoms with Crippen molar-refractivity contribution in [2.24, 2.45) is 7.05 Å². The molecule has 152 valence electrons. The van der Waals surface area contributed by atoms with Gasteiger partial charge in [0.1, 0.15) is 5.69 Å². The molecule has 2 N–H and O–H groups in total. The van der Waals surface area contributed by atoms with Crippen LogP contribution in [0.2, 0.25) is 0 Å². The molecule has 0 bridgehead atoms. The second kappa shape index (κ2) is 7.96. The number of carbonyl (C=O) groups excluding carboxylic acids is 1. The Morgan fingerprint density at radius 3 is 2.24 bits per heavy atom. The largest absolute Gasteiger partial charge is 0.316 e. The highest BCUT2D eigenvalue weighted by atomic mass is 32.2. The summed E-state index contributed by atoms with van der Waals surface area (Å²) in [6, 6.07) is 15.1. The van der Waals surface area contributed by atoms with Crippen LogP contribution < -0.4 is 15.6 Å². The number of benzene rings is 2. The maximum atomic E-state index is 12.9. The molecule has 1 aromatic heterocycles. The number of aromatic nitrogens is 2. The normalized spacial score (nSPS) is 11.3. The molecule has 8 nitrogen and oxygen atoms in total. The molecule has 1 heterocycles. The van der Waals surface area contributed by atoms with E-state index >= 15 is 0 Å². The summed E-state index contributed by atoms with van der Waals surface area (Å²) >= 11 is 0. The number of carbonyl (C=O) groups is 1. The number of rotatable bonds is 6. The van der Waals surface area contributed by atoms with Crippen molar-refractivity contribution < 1.29 is 13.2 Å². The zero-order valence-corrected chi connectivity index (χ0v) is 17.2. The second-order valence-corrected chi connectivity index (χ2v) is 8.48. The number of nitrogens with zero attached hydrogens (tertiary/aromatic N) is 2. The van der Waals surface area contributed by atoms with Gasteiger partial charge in [-0.3, -0.25) is 19.0 Å². The lowest BCUT2D eigenvalue weighted by Crippen LogP contribution is -2.23. The molecular formula is C20H22N4O4S. The molecule has 0 saturated heterocycles. The van der Waals surface area contributed by atoms with Crippen molar-refractivity contribution in [2.75, 3.05) is 15.8 Å². The van der Waals surface area contributed by atoms with E-state index in [1.165, 1.54) is 35.9 Å². The Bertz CT molecular complexity index is 1190. The average Bonchev–Trinajstić information content (AvgIpc) is 2.92. The van der Waals surface area contributed by atoms with Crippen molar-refractivity contribution in [1.29, 1.82) is 0 Å². The zero-order chi connectivity index (χ0) is 21.2. The molecule has 3 aromatic rings. The van der Waals surface area contributed by atoms with Gasteiger partial charge in [0.05, 0.1) is 17.1 Å². The molecule has 0 saturated carbocycles. The number of hydrogen-bond donors (Lipinski definition) is 2. The van der Waals surface area contributed by atoms with Crippen LogP contribution in [-0.2, 0) is 17.1 Å². The van der Waals surface area contributed by atoms with E-state index in [-0.39, 0.29) is 17.0 Å². The van der Waals surface area contributed by atoms with Gasteiger partial charge in [0, 0.05) is 18.3 Å². The predicted octanol–water partition coefficient (Wildman–Crippen LogP) is 2.50. The van der Waals surface area contributed by atoms with Gasteiger partial charge < -0.3 is 5.32 Å². The molecule has 0 unspecified atom stereocenters. The van der Waals surface area contributed by atoms with Gasteiger partial charge >= 0.3 is 0 Å². The minimum atomic E-state index is -3.39. The van der Waals surface area contributed by atoms with Crippen LogP contribution in [-0.4, -0.2) is 29.4 Å². The van der Waals surface area contributed by atoms with E-state index < -0.39 is 15.9 Å². The molecular weight excluding hydrogens is 392 g/mol. The molecule has 3 rings (SSSR count). The molecule has 0 radical (unpaired) electrons. The Morgan fingerprint density at radius 2 is 1.66 bits per heavy atom. The molecule has 0 spiro atoms. The van der Waals surface area contributed by atoms with Gasteiger partial charge in [-0.15, -0.1) is 0 Å². The van der Waals surface area contributed by atoms with Crippen molar-refractivity contribution in [1.82, 2.24) is 9.36 Å². The maximum Gasteiger partial charge on any atom is 0.295 e. The zero-order valence-electron chi connectivity index (χ0n) is 16.3. The number of para-hydroxylation sites is 1. The van der Waals surface area contributed by atoms with Crippen LogP contribution in [0.15, 0.2) is 59.4 Å². The predicted molar refractivity (Wildman–Crippen MR) is 113 cm³/mol. The third-order valence-electron chi connectivity index (χ3n) is 4.59. The minimum Gasteiger partial charge on any atom is -0.316 e. The van der Waals surface area contributed by atoms with E-state index in [0.29, 0.717) is 22.6 Å². The van der Waals surface area contributed by atoms with Crippen LogP contribution >= 0.6 is 0 Å². The fourth-order valence-corrected chi connectivity index (χ4v) is 3.48. The second-order valence-electron chi connectivity index (χ2n) is 6.47. The van der Waals surface area contributed by atoms with E-state index in [1.807, 2.05) is 30.3 Å². The molecule has 1 amide bonds. The average molecular weight is 414 g/mol. The van der Waals surface area contributed by atoms with E-state index in [9.17, 15) is 18.0 Å². The number of amides is 1. The van der Waals surface area contributed by atoms with E-state index in [1.54, 1.807) is 18.7 Å².